The van der Waals surface area contributed by atoms with Crippen molar-refractivity contribution in [3.05, 3.63) is 0 Å². The van der Waals surface area contributed by atoms with E-state index < -0.39 is 4.84 Å². The summed E-state index contributed by atoms with van der Waals surface area (Å²) < 4.78 is 0. The highest BCUT2D eigenvalue weighted by molar-refractivity contribution is 6.53. The maximum Gasteiger partial charge on any atom is 0.179 e. The number of piperidine rings is 1. The van der Waals surface area contributed by atoms with Crippen LogP contribution in [0.4, 0.5) is 0 Å². The lowest BCUT2D eigenvalue weighted by molar-refractivity contribution is -0.124. The summed E-state index contributed by atoms with van der Waals surface area (Å²) in [4.78, 5) is 22.9. The SMILES string of the molecule is O=C1CCN(CC(=O)C(Cl)Cl)CC1. The van der Waals surface area contributed by atoms with Gasteiger partial charge in [0, 0.05) is 25.9 Å². The van der Waals surface area contributed by atoms with Gasteiger partial charge < -0.3 is 0 Å². The molecule has 5 heteroatoms. The lowest BCUT2D eigenvalue weighted by Gasteiger charge is -2.24. The van der Waals surface area contributed by atoms with E-state index in [2.05, 4.69) is 0 Å². The van der Waals surface area contributed by atoms with Crippen molar-refractivity contribution in [2.45, 2.75) is 17.7 Å². The number of alkyl halides is 2. The van der Waals surface area contributed by atoms with Crippen molar-refractivity contribution in [2.24, 2.45) is 0 Å². The Morgan fingerprint density at radius 1 is 1.38 bits per heavy atom. The molecule has 0 aromatic carbocycles. The summed E-state index contributed by atoms with van der Waals surface area (Å²) in [5, 5.41) is 0. The molecule has 13 heavy (non-hydrogen) atoms. The summed E-state index contributed by atoms with van der Waals surface area (Å²) in [6, 6.07) is 0. The molecule has 1 saturated heterocycles. The van der Waals surface area contributed by atoms with Gasteiger partial charge in [0.15, 0.2) is 10.6 Å². The highest BCUT2D eigenvalue weighted by Crippen LogP contribution is 2.08. The van der Waals surface area contributed by atoms with Crippen molar-refractivity contribution >= 4 is 34.8 Å². The Bertz CT molecular complexity index is 208. The monoisotopic (exact) mass is 223 g/mol. The summed E-state index contributed by atoms with van der Waals surface area (Å²) >= 11 is 10.8. The average Bonchev–Trinajstić information content (AvgIpc) is 2.08. The molecule has 1 aliphatic heterocycles. The van der Waals surface area contributed by atoms with Crippen LogP contribution in [0.25, 0.3) is 0 Å². The minimum Gasteiger partial charge on any atom is -0.300 e. The fourth-order valence-electron chi connectivity index (χ4n) is 1.25. The largest absolute Gasteiger partial charge is 0.300 e. The number of likely N-dealkylation sites (tertiary alicyclic amines) is 1. The van der Waals surface area contributed by atoms with Crippen LogP contribution in [0.2, 0.25) is 0 Å². The zero-order chi connectivity index (χ0) is 9.84. The average molecular weight is 224 g/mol. The fraction of sp³-hybridized carbons (Fsp3) is 0.750. The number of rotatable bonds is 3. The molecule has 0 aliphatic carbocycles. The van der Waals surface area contributed by atoms with E-state index in [1.54, 1.807) is 0 Å². The zero-order valence-electron chi connectivity index (χ0n) is 7.13. The van der Waals surface area contributed by atoms with Crippen LogP contribution in [0.5, 0.6) is 0 Å². The molecule has 0 aromatic rings. The molecular formula is C8H11Cl2NO2. The predicted molar refractivity (Wildman–Crippen MR) is 51.2 cm³/mol. The highest BCUT2D eigenvalue weighted by atomic mass is 35.5. The summed E-state index contributed by atoms with van der Waals surface area (Å²) in [6.45, 7) is 1.54. The Morgan fingerprint density at radius 2 is 1.92 bits per heavy atom. The Morgan fingerprint density at radius 3 is 2.38 bits per heavy atom. The van der Waals surface area contributed by atoms with Gasteiger partial charge >= 0.3 is 0 Å². The quantitative estimate of drug-likeness (QED) is 0.671. The van der Waals surface area contributed by atoms with E-state index in [4.69, 9.17) is 23.2 Å². The second-order valence-corrected chi connectivity index (χ2v) is 4.18. The van der Waals surface area contributed by atoms with Crippen molar-refractivity contribution in [3.63, 3.8) is 0 Å². The Balaban J connectivity index is 2.30. The van der Waals surface area contributed by atoms with Gasteiger partial charge in [0.2, 0.25) is 0 Å². The van der Waals surface area contributed by atoms with Crippen LogP contribution in [-0.4, -0.2) is 40.9 Å². The molecule has 3 nitrogen and oxygen atoms in total. The first-order valence-corrected chi connectivity index (χ1v) is 5.02. The van der Waals surface area contributed by atoms with Crippen molar-refractivity contribution < 1.29 is 9.59 Å². The predicted octanol–water partition coefficient (Wildman–Crippen LogP) is 1.02. The van der Waals surface area contributed by atoms with Crippen molar-refractivity contribution in [1.82, 2.24) is 4.90 Å². The molecule has 0 unspecified atom stereocenters. The van der Waals surface area contributed by atoms with Gasteiger partial charge in [0.25, 0.3) is 0 Å². The minimum atomic E-state index is -0.947. The zero-order valence-corrected chi connectivity index (χ0v) is 8.64. The third kappa shape index (κ3) is 3.63. The lowest BCUT2D eigenvalue weighted by atomic mass is 10.1. The van der Waals surface area contributed by atoms with Crippen molar-refractivity contribution in [2.75, 3.05) is 19.6 Å². The van der Waals surface area contributed by atoms with Gasteiger partial charge in [-0.1, -0.05) is 23.2 Å². The molecule has 0 saturated carbocycles. The Kier molecular flexibility index (Phi) is 4.16. The lowest BCUT2D eigenvalue weighted by Crippen LogP contribution is -2.38. The maximum absolute atomic E-state index is 11.1. The van der Waals surface area contributed by atoms with Crippen LogP contribution in [-0.2, 0) is 9.59 Å². The van der Waals surface area contributed by atoms with E-state index in [9.17, 15) is 9.59 Å². The van der Waals surface area contributed by atoms with Gasteiger partial charge in [-0.3, -0.25) is 14.5 Å². The van der Waals surface area contributed by atoms with Crippen LogP contribution in [0.15, 0.2) is 0 Å². The third-order valence-corrected chi connectivity index (χ3v) is 2.52. The molecule has 0 radical (unpaired) electrons. The summed E-state index contributed by atoms with van der Waals surface area (Å²) in [6.07, 6.45) is 1.06. The van der Waals surface area contributed by atoms with Gasteiger partial charge in [-0.2, -0.15) is 0 Å². The first-order valence-electron chi connectivity index (χ1n) is 4.14. The molecule has 0 N–H and O–H groups in total. The third-order valence-electron chi connectivity index (χ3n) is 2.04. The molecule has 0 spiro atoms. The highest BCUT2D eigenvalue weighted by Gasteiger charge is 2.20. The smallest absolute Gasteiger partial charge is 0.179 e. The first kappa shape index (κ1) is 11.0. The van der Waals surface area contributed by atoms with E-state index in [1.165, 1.54) is 0 Å². The van der Waals surface area contributed by atoms with E-state index in [0.29, 0.717) is 25.9 Å². The normalized spacial score (nSPS) is 19.5. The summed E-state index contributed by atoms with van der Waals surface area (Å²) in [5.74, 6) is 0.0645. The standard InChI is InChI=1S/C8H11Cl2NO2/c9-8(10)7(13)5-11-3-1-6(12)2-4-11/h8H,1-5H2. The van der Waals surface area contributed by atoms with E-state index >= 15 is 0 Å². The molecule has 0 bridgehead atoms. The summed E-state index contributed by atoms with van der Waals surface area (Å²) in [7, 11) is 0. The van der Waals surface area contributed by atoms with Crippen LogP contribution in [0.3, 0.4) is 0 Å². The molecule has 1 fully saturated rings. The van der Waals surface area contributed by atoms with Gasteiger partial charge in [-0.05, 0) is 0 Å². The molecular weight excluding hydrogens is 213 g/mol. The maximum atomic E-state index is 11.1. The van der Waals surface area contributed by atoms with E-state index in [1.807, 2.05) is 4.90 Å². The molecule has 0 atom stereocenters. The van der Waals surface area contributed by atoms with Gasteiger partial charge in [0.05, 0.1) is 6.54 Å². The topological polar surface area (TPSA) is 37.4 Å². The van der Waals surface area contributed by atoms with Crippen LogP contribution in [0.1, 0.15) is 12.8 Å². The Labute approximate surface area is 87.0 Å². The number of carbonyl (C=O) groups excluding carboxylic acids is 2. The van der Waals surface area contributed by atoms with E-state index in [-0.39, 0.29) is 18.1 Å². The molecule has 1 rings (SSSR count). The van der Waals surface area contributed by atoms with Crippen LogP contribution >= 0.6 is 23.2 Å². The fourth-order valence-corrected chi connectivity index (χ4v) is 1.39. The molecule has 1 aliphatic rings. The van der Waals surface area contributed by atoms with Gasteiger partial charge in [0.1, 0.15) is 5.78 Å². The van der Waals surface area contributed by atoms with Crippen LogP contribution in [0, 0.1) is 0 Å². The van der Waals surface area contributed by atoms with Crippen molar-refractivity contribution in [1.29, 1.82) is 0 Å². The number of ketones is 2. The number of nitrogens with zero attached hydrogens (tertiary/aromatic N) is 1. The van der Waals surface area contributed by atoms with Gasteiger partial charge in [-0.25, -0.2) is 0 Å². The number of hydrogen-bond acceptors (Lipinski definition) is 3. The first-order chi connectivity index (χ1) is 6.09. The number of carbonyl (C=O) groups is 2. The molecule has 1 heterocycles. The van der Waals surface area contributed by atoms with Gasteiger partial charge in [-0.15, -0.1) is 0 Å². The molecule has 74 valence electrons. The van der Waals surface area contributed by atoms with Crippen LogP contribution < -0.4 is 0 Å². The minimum absolute atomic E-state index is 0.197. The molecule has 0 aromatic heterocycles. The van der Waals surface area contributed by atoms with Crippen molar-refractivity contribution in [3.8, 4) is 0 Å². The Hall–Kier alpha value is -0.120. The number of halogens is 2. The van der Waals surface area contributed by atoms with E-state index in [0.717, 1.165) is 0 Å². The number of Topliss-reactive ketones (excluding diaryl/α,β-unsaturated/α-hetero) is 2. The summed E-state index contributed by atoms with van der Waals surface area (Å²) in [5.41, 5.74) is 0. The second-order valence-electron chi connectivity index (χ2n) is 3.08. The number of hydrogen-bond donors (Lipinski definition) is 0. The molecule has 0 amide bonds. The second kappa shape index (κ2) is 4.94.